The number of rotatable bonds is 6. The number of aliphatic hydroxyl groups is 2. The van der Waals surface area contributed by atoms with Crippen LogP contribution in [-0.4, -0.2) is 37.1 Å². The summed E-state index contributed by atoms with van der Waals surface area (Å²) in [4.78, 5) is 4.37. The Morgan fingerprint density at radius 3 is 2.48 bits per heavy atom. The van der Waals surface area contributed by atoms with Gasteiger partial charge in [0.15, 0.2) is 16.7 Å². The molecule has 3 aromatic rings. The summed E-state index contributed by atoms with van der Waals surface area (Å²) < 4.78 is 7.04. The normalized spacial score (nSPS) is 11.7. The fraction of sp³-hybridized carbons (Fsp3) is 0.353. The zero-order valence-electron chi connectivity index (χ0n) is 14.3. The molecule has 2 heterocycles. The minimum absolute atomic E-state index is 0.124. The van der Waals surface area contributed by atoms with Crippen LogP contribution in [0.5, 0.6) is 5.75 Å². The summed E-state index contributed by atoms with van der Waals surface area (Å²) in [6.07, 6.45) is 0. The minimum atomic E-state index is -1.14. The van der Waals surface area contributed by atoms with Gasteiger partial charge in [-0.25, -0.2) is 4.98 Å². The average Bonchev–Trinajstić information content (AvgIpc) is 3.21. The number of ether oxygens (including phenoxy) is 1. The Hall–Kier alpha value is -2.29. The second-order valence-electron chi connectivity index (χ2n) is 6.14. The van der Waals surface area contributed by atoms with Crippen molar-refractivity contribution in [2.24, 2.45) is 0 Å². The predicted molar refractivity (Wildman–Crippen MR) is 94.4 cm³/mol. The number of thiazole rings is 1. The Bertz CT molecular complexity index is 850. The lowest BCUT2D eigenvalue weighted by Crippen LogP contribution is -2.23. The highest BCUT2D eigenvalue weighted by Gasteiger charge is 2.27. The van der Waals surface area contributed by atoms with Gasteiger partial charge < -0.3 is 19.5 Å². The molecule has 0 fully saturated rings. The summed E-state index contributed by atoms with van der Waals surface area (Å²) >= 11 is 1.39. The smallest absolute Gasteiger partial charge is 0.193 e. The summed E-state index contributed by atoms with van der Waals surface area (Å²) in [5.41, 5.74) is 0.463. The molecule has 0 unspecified atom stereocenters. The van der Waals surface area contributed by atoms with Gasteiger partial charge in [-0.05, 0) is 31.5 Å². The van der Waals surface area contributed by atoms with Gasteiger partial charge in [0.05, 0.1) is 26.0 Å². The Labute approximate surface area is 149 Å². The van der Waals surface area contributed by atoms with E-state index in [1.807, 2.05) is 28.8 Å². The number of hydrogen-bond donors (Lipinski definition) is 2. The molecule has 0 saturated carbocycles. The van der Waals surface area contributed by atoms with Crippen molar-refractivity contribution in [2.45, 2.75) is 32.6 Å². The van der Waals surface area contributed by atoms with Crippen LogP contribution in [-0.2, 0) is 18.8 Å². The SMILES string of the molecule is COc1ccc(Cn2c(-c3nc(CO)cs3)nnc2C(C)(C)O)cc1. The molecule has 25 heavy (non-hydrogen) atoms. The molecule has 0 bridgehead atoms. The molecule has 0 saturated heterocycles. The molecule has 2 aromatic heterocycles. The molecule has 0 amide bonds. The number of aliphatic hydroxyl groups excluding tert-OH is 1. The molecule has 0 aliphatic rings. The highest BCUT2D eigenvalue weighted by atomic mass is 32.1. The van der Waals surface area contributed by atoms with Crippen molar-refractivity contribution >= 4 is 11.3 Å². The summed E-state index contributed by atoms with van der Waals surface area (Å²) in [7, 11) is 1.63. The number of hydrogen-bond acceptors (Lipinski definition) is 7. The third-order valence-electron chi connectivity index (χ3n) is 3.70. The lowest BCUT2D eigenvalue weighted by molar-refractivity contribution is 0.0648. The van der Waals surface area contributed by atoms with Crippen molar-refractivity contribution in [3.05, 3.63) is 46.7 Å². The van der Waals surface area contributed by atoms with Crippen molar-refractivity contribution in [1.82, 2.24) is 19.7 Å². The molecule has 2 N–H and O–H groups in total. The van der Waals surface area contributed by atoms with E-state index in [1.54, 1.807) is 26.3 Å². The zero-order valence-corrected chi connectivity index (χ0v) is 15.1. The van der Waals surface area contributed by atoms with Crippen LogP contribution in [0.2, 0.25) is 0 Å². The van der Waals surface area contributed by atoms with Gasteiger partial charge >= 0.3 is 0 Å². The molecule has 3 rings (SSSR count). The van der Waals surface area contributed by atoms with Gasteiger partial charge in [0, 0.05) is 5.38 Å². The van der Waals surface area contributed by atoms with Crippen LogP contribution < -0.4 is 4.74 Å². The van der Waals surface area contributed by atoms with Gasteiger partial charge in [0.25, 0.3) is 0 Å². The molecule has 0 aliphatic heterocycles. The Kier molecular flexibility index (Phi) is 4.85. The van der Waals surface area contributed by atoms with Crippen LogP contribution in [0.1, 0.15) is 30.9 Å². The minimum Gasteiger partial charge on any atom is -0.497 e. The van der Waals surface area contributed by atoms with Crippen LogP contribution in [0.4, 0.5) is 0 Å². The van der Waals surface area contributed by atoms with Gasteiger partial charge in [-0.3, -0.25) is 0 Å². The first-order valence-corrected chi connectivity index (χ1v) is 8.65. The molecule has 0 aliphatic carbocycles. The fourth-order valence-corrected chi connectivity index (χ4v) is 3.26. The Morgan fingerprint density at radius 2 is 1.92 bits per heavy atom. The fourth-order valence-electron chi connectivity index (χ4n) is 2.46. The van der Waals surface area contributed by atoms with Crippen molar-refractivity contribution in [1.29, 1.82) is 0 Å². The van der Waals surface area contributed by atoms with E-state index in [0.29, 0.717) is 28.9 Å². The molecule has 1 aromatic carbocycles. The highest BCUT2D eigenvalue weighted by Crippen LogP contribution is 2.28. The third kappa shape index (κ3) is 3.71. The molecule has 132 valence electrons. The van der Waals surface area contributed by atoms with Gasteiger partial charge in [-0.1, -0.05) is 12.1 Å². The molecule has 0 atom stereocenters. The second-order valence-corrected chi connectivity index (χ2v) is 7.00. The van der Waals surface area contributed by atoms with E-state index in [-0.39, 0.29) is 6.61 Å². The van der Waals surface area contributed by atoms with Crippen molar-refractivity contribution in [2.75, 3.05) is 7.11 Å². The molecule has 8 heteroatoms. The maximum Gasteiger partial charge on any atom is 0.193 e. The van der Waals surface area contributed by atoms with E-state index in [4.69, 9.17) is 4.74 Å². The van der Waals surface area contributed by atoms with Gasteiger partial charge in [0.2, 0.25) is 0 Å². The van der Waals surface area contributed by atoms with E-state index < -0.39 is 5.60 Å². The number of aromatic nitrogens is 4. The quantitative estimate of drug-likeness (QED) is 0.700. The van der Waals surface area contributed by atoms with Crippen LogP contribution in [0, 0.1) is 0 Å². The highest BCUT2D eigenvalue weighted by molar-refractivity contribution is 7.13. The van der Waals surface area contributed by atoms with Crippen LogP contribution >= 0.6 is 11.3 Å². The largest absolute Gasteiger partial charge is 0.497 e. The van der Waals surface area contributed by atoms with E-state index in [0.717, 1.165) is 11.3 Å². The lowest BCUT2D eigenvalue weighted by atomic mass is 10.1. The second kappa shape index (κ2) is 6.91. The van der Waals surface area contributed by atoms with E-state index in [9.17, 15) is 10.2 Å². The Morgan fingerprint density at radius 1 is 1.20 bits per heavy atom. The first-order valence-electron chi connectivity index (χ1n) is 7.77. The molecule has 0 radical (unpaired) electrons. The van der Waals surface area contributed by atoms with Crippen LogP contribution in [0.3, 0.4) is 0 Å². The third-order valence-corrected chi connectivity index (χ3v) is 4.59. The topological polar surface area (TPSA) is 93.3 Å². The predicted octanol–water partition coefficient (Wildman–Crippen LogP) is 2.18. The van der Waals surface area contributed by atoms with Gasteiger partial charge in [0.1, 0.15) is 11.4 Å². The number of benzene rings is 1. The van der Waals surface area contributed by atoms with E-state index >= 15 is 0 Å². The molecule has 7 nitrogen and oxygen atoms in total. The molecular weight excluding hydrogens is 340 g/mol. The number of nitrogens with zero attached hydrogens (tertiary/aromatic N) is 4. The summed E-state index contributed by atoms with van der Waals surface area (Å²) in [5.74, 6) is 1.81. The van der Waals surface area contributed by atoms with E-state index in [1.165, 1.54) is 11.3 Å². The zero-order chi connectivity index (χ0) is 18.0. The van der Waals surface area contributed by atoms with Crippen molar-refractivity contribution in [3.8, 4) is 16.6 Å². The van der Waals surface area contributed by atoms with E-state index in [2.05, 4.69) is 15.2 Å². The Balaban J connectivity index is 2.03. The van der Waals surface area contributed by atoms with Crippen LogP contribution in [0.25, 0.3) is 10.8 Å². The maximum absolute atomic E-state index is 10.4. The monoisotopic (exact) mass is 360 g/mol. The van der Waals surface area contributed by atoms with Gasteiger partial charge in [-0.15, -0.1) is 21.5 Å². The summed E-state index contributed by atoms with van der Waals surface area (Å²) in [6.45, 7) is 3.71. The van der Waals surface area contributed by atoms with Crippen molar-refractivity contribution < 1.29 is 14.9 Å². The van der Waals surface area contributed by atoms with Gasteiger partial charge in [-0.2, -0.15) is 0 Å². The first-order chi connectivity index (χ1) is 11.9. The number of methoxy groups -OCH3 is 1. The first kappa shape index (κ1) is 17.5. The summed E-state index contributed by atoms with van der Waals surface area (Å²) in [5, 5.41) is 30.5. The lowest BCUT2D eigenvalue weighted by Gasteiger charge is -2.18. The van der Waals surface area contributed by atoms with Crippen molar-refractivity contribution in [3.63, 3.8) is 0 Å². The standard InChI is InChI=1S/C17H20N4O3S/c1-17(2,23)16-20-19-14(15-18-12(9-22)10-25-15)21(16)8-11-4-6-13(24-3)7-5-11/h4-7,10,22-23H,8-9H2,1-3H3. The van der Waals surface area contributed by atoms with Crippen LogP contribution in [0.15, 0.2) is 29.6 Å². The molecular formula is C17H20N4O3S. The molecule has 0 spiro atoms. The average molecular weight is 360 g/mol. The summed E-state index contributed by atoms with van der Waals surface area (Å²) in [6, 6.07) is 7.68. The maximum atomic E-state index is 10.4.